The Kier molecular flexibility index (Phi) is 2.91. The Morgan fingerprint density at radius 1 is 1.47 bits per heavy atom. The van der Waals surface area contributed by atoms with Crippen molar-refractivity contribution in [2.45, 2.75) is 29.7 Å². The molecule has 2 heterocycles. The second-order valence-corrected chi connectivity index (χ2v) is 5.49. The summed E-state index contributed by atoms with van der Waals surface area (Å²) in [6.07, 6.45) is 8.06. The van der Waals surface area contributed by atoms with Crippen LogP contribution in [0.2, 0.25) is 0 Å². The first kappa shape index (κ1) is 10.9. The number of fused-ring (bicyclic) bond motifs is 1. The number of imidazole rings is 1. The fraction of sp³-hybridized carbons (Fsp3) is 0.308. The van der Waals surface area contributed by atoms with Gasteiger partial charge in [0.05, 0.1) is 11.7 Å². The van der Waals surface area contributed by atoms with Crippen molar-refractivity contribution in [3.63, 3.8) is 0 Å². The Morgan fingerprint density at radius 2 is 2.41 bits per heavy atom. The van der Waals surface area contributed by atoms with Gasteiger partial charge in [-0.25, -0.2) is 4.98 Å². The molecule has 1 aliphatic rings. The molecule has 0 aliphatic carbocycles. The fourth-order valence-electron chi connectivity index (χ4n) is 2.20. The van der Waals surface area contributed by atoms with Crippen molar-refractivity contribution in [3.05, 3.63) is 48.0 Å². The van der Waals surface area contributed by atoms with E-state index in [2.05, 4.69) is 27.8 Å². The van der Waals surface area contributed by atoms with Gasteiger partial charge in [0.1, 0.15) is 0 Å². The van der Waals surface area contributed by atoms with Gasteiger partial charge in [-0.2, -0.15) is 0 Å². The molecule has 0 bridgehead atoms. The molecule has 1 unspecified atom stereocenters. The summed E-state index contributed by atoms with van der Waals surface area (Å²) in [5, 5.41) is 0.480. The first-order valence-corrected chi connectivity index (χ1v) is 6.71. The van der Waals surface area contributed by atoms with Crippen molar-refractivity contribution >= 4 is 11.8 Å². The van der Waals surface area contributed by atoms with Gasteiger partial charge in [-0.3, -0.25) is 0 Å². The third-order valence-electron chi connectivity index (χ3n) is 3.14. The zero-order valence-electron chi connectivity index (χ0n) is 9.54. The number of nitrogens with zero attached hydrogens (tertiary/aromatic N) is 2. The molecule has 0 fully saturated rings. The van der Waals surface area contributed by atoms with Crippen LogP contribution in [-0.2, 0) is 13.0 Å². The number of aryl methyl sites for hydroxylation is 1. The third kappa shape index (κ3) is 2.10. The van der Waals surface area contributed by atoms with Gasteiger partial charge in [-0.05, 0) is 30.0 Å². The van der Waals surface area contributed by atoms with E-state index in [0.717, 1.165) is 12.8 Å². The molecule has 2 aromatic rings. The SMILES string of the molecule is NCc1ccc2c(c1)CCC(n1ccnc1)S2. The minimum atomic E-state index is 0.480. The predicted octanol–water partition coefficient (Wildman–Crippen LogP) is 2.58. The number of nitrogens with two attached hydrogens (primary N) is 1. The van der Waals surface area contributed by atoms with Crippen LogP contribution in [0.15, 0.2) is 41.8 Å². The minimum Gasteiger partial charge on any atom is -0.326 e. The van der Waals surface area contributed by atoms with Crippen molar-refractivity contribution in [2.24, 2.45) is 5.73 Å². The summed E-state index contributed by atoms with van der Waals surface area (Å²) < 4.78 is 2.18. The van der Waals surface area contributed by atoms with Gasteiger partial charge in [0, 0.05) is 23.8 Å². The quantitative estimate of drug-likeness (QED) is 0.884. The van der Waals surface area contributed by atoms with E-state index in [0.29, 0.717) is 11.9 Å². The highest BCUT2D eigenvalue weighted by molar-refractivity contribution is 7.99. The van der Waals surface area contributed by atoms with Gasteiger partial charge in [0.15, 0.2) is 0 Å². The van der Waals surface area contributed by atoms with Crippen LogP contribution >= 0.6 is 11.8 Å². The molecule has 1 atom stereocenters. The van der Waals surface area contributed by atoms with Crippen molar-refractivity contribution in [1.82, 2.24) is 9.55 Å². The molecule has 0 saturated heterocycles. The van der Waals surface area contributed by atoms with Gasteiger partial charge in [0.2, 0.25) is 0 Å². The van der Waals surface area contributed by atoms with Gasteiger partial charge in [0.25, 0.3) is 0 Å². The summed E-state index contributed by atoms with van der Waals surface area (Å²) in [6, 6.07) is 6.57. The average Bonchev–Trinajstić information content (AvgIpc) is 2.91. The minimum absolute atomic E-state index is 0.480. The number of hydrogen-bond donors (Lipinski definition) is 1. The molecular formula is C13H15N3S. The molecule has 88 valence electrons. The number of benzene rings is 1. The smallest absolute Gasteiger partial charge is 0.0955 e. The lowest BCUT2D eigenvalue weighted by Gasteiger charge is -2.25. The maximum atomic E-state index is 5.67. The molecule has 0 saturated carbocycles. The number of thioether (sulfide) groups is 1. The van der Waals surface area contributed by atoms with Crippen LogP contribution in [-0.4, -0.2) is 9.55 Å². The highest BCUT2D eigenvalue weighted by atomic mass is 32.2. The molecule has 3 nitrogen and oxygen atoms in total. The van der Waals surface area contributed by atoms with Gasteiger partial charge in [-0.15, -0.1) is 11.8 Å². The van der Waals surface area contributed by atoms with E-state index in [1.54, 1.807) is 0 Å². The van der Waals surface area contributed by atoms with Gasteiger partial charge in [-0.1, -0.05) is 12.1 Å². The van der Waals surface area contributed by atoms with E-state index in [4.69, 9.17) is 5.73 Å². The van der Waals surface area contributed by atoms with Gasteiger partial charge < -0.3 is 10.3 Å². The Balaban J connectivity index is 1.86. The zero-order chi connectivity index (χ0) is 11.7. The lowest BCUT2D eigenvalue weighted by atomic mass is 10.1. The molecule has 1 aromatic heterocycles. The molecule has 3 rings (SSSR count). The van der Waals surface area contributed by atoms with Crippen molar-refractivity contribution < 1.29 is 0 Å². The zero-order valence-corrected chi connectivity index (χ0v) is 10.4. The topological polar surface area (TPSA) is 43.8 Å². The van der Waals surface area contributed by atoms with Crippen LogP contribution in [0.4, 0.5) is 0 Å². The molecule has 0 amide bonds. The van der Waals surface area contributed by atoms with E-state index in [1.807, 2.05) is 30.5 Å². The standard InChI is InChI=1S/C13H15N3S/c14-8-10-1-3-12-11(7-10)2-4-13(17-12)16-6-5-15-9-16/h1,3,5-7,9,13H,2,4,8,14H2. The van der Waals surface area contributed by atoms with E-state index in [9.17, 15) is 0 Å². The maximum absolute atomic E-state index is 5.67. The third-order valence-corrected chi connectivity index (χ3v) is 4.55. The van der Waals surface area contributed by atoms with Crippen LogP contribution in [0, 0.1) is 0 Å². The summed E-state index contributed by atoms with van der Waals surface area (Å²) in [5.74, 6) is 0. The number of rotatable bonds is 2. The Hall–Kier alpha value is -1.26. The van der Waals surface area contributed by atoms with E-state index in [-0.39, 0.29) is 0 Å². The largest absolute Gasteiger partial charge is 0.326 e. The monoisotopic (exact) mass is 245 g/mol. The first-order chi connectivity index (χ1) is 8.36. The second kappa shape index (κ2) is 4.55. The van der Waals surface area contributed by atoms with E-state index < -0.39 is 0 Å². The molecule has 0 radical (unpaired) electrons. The highest BCUT2D eigenvalue weighted by Crippen LogP contribution is 2.41. The fourth-order valence-corrected chi connectivity index (χ4v) is 3.44. The van der Waals surface area contributed by atoms with Crippen LogP contribution in [0.1, 0.15) is 22.9 Å². The highest BCUT2D eigenvalue weighted by Gasteiger charge is 2.20. The molecule has 1 aromatic carbocycles. The molecular weight excluding hydrogens is 230 g/mol. The average molecular weight is 245 g/mol. The van der Waals surface area contributed by atoms with E-state index in [1.165, 1.54) is 16.0 Å². The van der Waals surface area contributed by atoms with Crippen LogP contribution < -0.4 is 5.73 Å². The lowest BCUT2D eigenvalue weighted by Crippen LogP contribution is -2.10. The summed E-state index contributed by atoms with van der Waals surface area (Å²) in [4.78, 5) is 5.50. The maximum Gasteiger partial charge on any atom is 0.0955 e. The summed E-state index contributed by atoms with van der Waals surface area (Å²) in [7, 11) is 0. The Morgan fingerprint density at radius 3 is 3.18 bits per heavy atom. The van der Waals surface area contributed by atoms with Crippen molar-refractivity contribution in [1.29, 1.82) is 0 Å². The van der Waals surface area contributed by atoms with Gasteiger partial charge >= 0.3 is 0 Å². The van der Waals surface area contributed by atoms with Crippen molar-refractivity contribution in [2.75, 3.05) is 0 Å². The molecule has 4 heteroatoms. The summed E-state index contributed by atoms with van der Waals surface area (Å²) >= 11 is 1.92. The number of hydrogen-bond acceptors (Lipinski definition) is 3. The molecule has 0 spiro atoms. The van der Waals surface area contributed by atoms with Crippen molar-refractivity contribution in [3.8, 4) is 0 Å². The number of aromatic nitrogens is 2. The van der Waals surface area contributed by atoms with Crippen LogP contribution in [0.5, 0.6) is 0 Å². The summed E-state index contributed by atoms with van der Waals surface area (Å²) in [6.45, 7) is 0.628. The van der Waals surface area contributed by atoms with E-state index >= 15 is 0 Å². The lowest BCUT2D eigenvalue weighted by molar-refractivity contribution is 0.608. The first-order valence-electron chi connectivity index (χ1n) is 5.83. The molecule has 17 heavy (non-hydrogen) atoms. The van der Waals surface area contributed by atoms with Crippen LogP contribution in [0.25, 0.3) is 0 Å². The second-order valence-electron chi connectivity index (χ2n) is 4.27. The predicted molar refractivity (Wildman–Crippen MR) is 69.8 cm³/mol. The van der Waals surface area contributed by atoms with Crippen LogP contribution in [0.3, 0.4) is 0 Å². The Bertz CT molecular complexity index is 507. The molecule has 2 N–H and O–H groups in total. The Labute approximate surface area is 105 Å². The normalized spacial score (nSPS) is 19.0. The molecule has 1 aliphatic heterocycles. The summed E-state index contributed by atoms with van der Waals surface area (Å²) in [5.41, 5.74) is 8.33.